The number of carbonyl (C=O) groups excluding carboxylic acids is 2. The van der Waals surface area contributed by atoms with Crippen LogP contribution in [-0.2, 0) is 0 Å². The Morgan fingerprint density at radius 3 is 2.30 bits per heavy atom. The predicted molar refractivity (Wildman–Crippen MR) is 104 cm³/mol. The van der Waals surface area contributed by atoms with Crippen LogP contribution in [0, 0.1) is 5.92 Å². The van der Waals surface area contributed by atoms with Gasteiger partial charge in [-0.2, -0.15) is 0 Å². The van der Waals surface area contributed by atoms with Gasteiger partial charge in [0.25, 0.3) is 11.8 Å². The SMILES string of the molecule is CC1CCN(C(=O)c2nc(C(=O)N3CCCCCC3)c3ccccn23)CC1. The molecule has 2 aliphatic rings. The molecule has 2 aromatic rings. The highest BCUT2D eigenvalue weighted by Crippen LogP contribution is 2.21. The summed E-state index contributed by atoms with van der Waals surface area (Å²) in [7, 11) is 0. The quantitative estimate of drug-likeness (QED) is 0.818. The zero-order valence-electron chi connectivity index (χ0n) is 16.1. The van der Waals surface area contributed by atoms with Crippen molar-refractivity contribution in [3.63, 3.8) is 0 Å². The molecule has 0 unspecified atom stereocenters. The van der Waals surface area contributed by atoms with Crippen LogP contribution < -0.4 is 0 Å². The van der Waals surface area contributed by atoms with Crippen LogP contribution in [0.1, 0.15) is 66.6 Å². The Labute approximate surface area is 160 Å². The molecule has 2 aromatic heterocycles. The fourth-order valence-electron chi connectivity index (χ4n) is 4.12. The number of hydrogen-bond acceptors (Lipinski definition) is 3. The number of piperidine rings is 1. The Balaban J connectivity index is 1.66. The summed E-state index contributed by atoms with van der Waals surface area (Å²) in [6, 6.07) is 5.66. The summed E-state index contributed by atoms with van der Waals surface area (Å²) in [4.78, 5) is 34.6. The fraction of sp³-hybridized carbons (Fsp3) is 0.571. The second-order valence-corrected chi connectivity index (χ2v) is 7.92. The van der Waals surface area contributed by atoms with E-state index >= 15 is 0 Å². The number of carbonyl (C=O) groups is 2. The lowest BCUT2D eigenvalue weighted by atomic mass is 9.99. The fourth-order valence-corrected chi connectivity index (χ4v) is 4.12. The molecule has 0 spiro atoms. The number of fused-ring (bicyclic) bond motifs is 1. The van der Waals surface area contributed by atoms with Crippen LogP contribution in [0.15, 0.2) is 24.4 Å². The lowest BCUT2D eigenvalue weighted by molar-refractivity contribution is 0.0684. The van der Waals surface area contributed by atoms with Crippen LogP contribution in [-0.4, -0.2) is 57.2 Å². The molecule has 2 saturated heterocycles. The van der Waals surface area contributed by atoms with E-state index in [0.717, 1.165) is 57.4 Å². The van der Waals surface area contributed by atoms with E-state index in [-0.39, 0.29) is 11.8 Å². The van der Waals surface area contributed by atoms with Gasteiger partial charge in [0.05, 0.1) is 5.52 Å². The maximum Gasteiger partial charge on any atom is 0.290 e. The zero-order valence-corrected chi connectivity index (χ0v) is 16.1. The van der Waals surface area contributed by atoms with Gasteiger partial charge in [-0.05, 0) is 43.7 Å². The first-order chi connectivity index (χ1) is 13.1. The summed E-state index contributed by atoms with van der Waals surface area (Å²) in [5.74, 6) is 0.898. The summed E-state index contributed by atoms with van der Waals surface area (Å²) in [5.41, 5.74) is 1.13. The lowest BCUT2D eigenvalue weighted by Crippen LogP contribution is -2.38. The Morgan fingerprint density at radius 1 is 0.926 bits per heavy atom. The van der Waals surface area contributed by atoms with Gasteiger partial charge < -0.3 is 9.80 Å². The van der Waals surface area contributed by atoms with Gasteiger partial charge in [-0.1, -0.05) is 25.8 Å². The molecular weight excluding hydrogens is 340 g/mol. The third-order valence-electron chi connectivity index (χ3n) is 5.91. The predicted octanol–water partition coefficient (Wildman–Crippen LogP) is 3.22. The van der Waals surface area contributed by atoms with Gasteiger partial charge in [0.2, 0.25) is 5.82 Å². The molecule has 0 atom stereocenters. The van der Waals surface area contributed by atoms with Crippen molar-refractivity contribution in [2.45, 2.75) is 45.4 Å². The van der Waals surface area contributed by atoms with Gasteiger partial charge in [0.15, 0.2) is 5.69 Å². The van der Waals surface area contributed by atoms with Gasteiger partial charge in [-0.3, -0.25) is 14.0 Å². The normalized spacial score (nSPS) is 19.3. The average molecular weight is 368 g/mol. The summed E-state index contributed by atoms with van der Waals surface area (Å²) in [6.45, 7) is 5.30. The summed E-state index contributed by atoms with van der Waals surface area (Å²) in [5, 5.41) is 0. The van der Waals surface area contributed by atoms with E-state index in [9.17, 15) is 9.59 Å². The van der Waals surface area contributed by atoms with E-state index in [0.29, 0.717) is 17.4 Å². The van der Waals surface area contributed by atoms with Crippen molar-refractivity contribution >= 4 is 17.3 Å². The number of pyridine rings is 1. The molecule has 2 fully saturated rings. The zero-order chi connectivity index (χ0) is 18.8. The van der Waals surface area contributed by atoms with E-state index in [4.69, 9.17) is 0 Å². The van der Waals surface area contributed by atoms with E-state index in [1.54, 1.807) is 4.40 Å². The van der Waals surface area contributed by atoms with Crippen molar-refractivity contribution in [3.8, 4) is 0 Å². The van der Waals surface area contributed by atoms with Gasteiger partial charge in [0.1, 0.15) is 0 Å². The monoisotopic (exact) mass is 368 g/mol. The Hall–Kier alpha value is -2.37. The third kappa shape index (κ3) is 3.57. The third-order valence-corrected chi connectivity index (χ3v) is 5.91. The number of rotatable bonds is 2. The standard InChI is InChI=1S/C21H28N4O2/c1-16-9-14-24(15-10-16)21(27)19-22-18(17-8-4-7-13-25(17)19)20(26)23-11-5-2-3-6-12-23/h4,7-8,13,16H,2-3,5-6,9-12,14-15H2,1H3. The minimum atomic E-state index is -0.0713. The molecular formula is C21H28N4O2. The molecule has 2 amide bonds. The number of hydrogen-bond donors (Lipinski definition) is 0. The molecule has 4 rings (SSSR count). The summed E-state index contributed by atoms with van der Waals surface area (Å²) < 4.78 is 1.78. The van der Waals surface area contributed by atoms with E-state index in [1.807, 2.05) is 34.2 Å². The Bertz CT molecular complexity index is 828. The molecule has 0 N–H and O–H groups in total. The van der Waals surface area contributed by atoms with Gasteiger partial charge in [-0.15, -0.1) is 0 Å². The number of imidazole rings is 1. The van der Waals surface area contributed by atoms with E-state index in [1.165, 1.54) is 12.8 Å². The number of nitrogens with zero attached hydrogens (tertiary/aromatic N) is 4. The molecule has 0 saturated carbocycles. The Morgan fingerprint density at radius 2 is 1.59 bits per heavy atom. The van der Waals surface area contributed by atoms with Crippen LogP contribution in [0.5, 0.6) is 0 Å². The highest BCUT2D eigenvalue weighted by molar-refractivity contribution is 6.02. The van der Waals surface area contributed by atoms with Crippen LogP contribution >= 0.6 is 0 Å². The molecule has 4 heterocycles. The second-order valence-electron chi connectivity index (χ2n) is 7.92. The first-order valence-electron chi connectivity index (χ1n) is 10.2. The van der Waals surface area contributed by atoms with Crippen molar-refractivity contribution in [3.05, 3.63) is 35.9 Å². The molecule has 6 nitrogen and oxygen atoms in total. The minimum absolute atomic E-state index is 0.0492. The lowest BCUT2D eigenvalue weighted by Gasteiger charge is -2.29. The number of likely N-dealkylation sites (tertiary alicyclic amines) is 2. The molecule has 0 aromatic carbocycles. The van der Waals surface area contributed by atoms with E-state index in [2.05, 4.69) is 11.9 Å². The van der Waals surface area contributed by atoms with Crippen molar-refractivity contribution in [2.24, 2.45) is 5.92 Å². The highest BCUT2D eigenvalue weighted by atomic mass is 16.2. The van der Waals surface area contributed by atoms with Crippen molar-refractivity contribution in [2.75, 3.05) is 26.2 Å². The van der Waals surface area contributed by atoms with Gasteiger partial charge in [-0.25, -0.2) is 4.98 Å². The van der Waals surface area contributed by atoms with Crippen molar-refractivity contribution in [1.29, 1.82) is 0 Å². The second kappa shape index (κ2) is 7.71. The molecule has 144 valence electrons. The van der Waals surface area contributed by atoms with Crippen LogP contribution in [0.2, 0.25) is 0 Å². The van der Waals surface area contributed by atoms with Crippen LogP contribution in [0.25, 0.3) is 5.52 Å². The van der Waals surface area contributed by atoms with Crippen LogP contribution in [0.3, 0.4) is 0 Å². The number of amides is 2. The Kier molecular flexibility index (Phi) is 5.14. The summed E-state index contributed by atoms with van der Waals surface area (Å²) >= 11 is 0. The first-order valence-corrected chi connectivity index (χ1v) is 10.2. The smallest absolute Gasteiger partial charge is 0.290 e. The first kappa shape index (κ1) is 18.0. The topological polar surface area (TPSA) is 57.9 Å². The number of aromatic nitrogens is 2. The molecule has 27 heavy (non-hydrogen) atoms. The highest BCUT2D eigenvalue weighted by Gasteiger charge is 2.29. The molecule has 0 aliphatic carbocycles. The van der Waals surface area contributed by atoms with Gasteiger partial charge in [0, 0.05) is 32.4 Å². The average Bonchev–Trinajstić information content (AvgIpc) is 2.87. The summed E-state index contributed by atoms with van der Waals surface area (Å²) in [6.07, 6.45) is 8.30. The molecule has 0 radical (unpaired) electrons. The van der Waals surface area contributed by atoms with E-state index < -0.39 is 0 Å². The molecule has 0 bridgehead atoms. The molecule has 6 heteroatoms. The van der Waals surface area contributed by atoms with Gasteiger partial charge >= 0.3 is 0 Å². The maximum absolute atomic E-state index is 13.1. The van der Waals surface area contributed by atoms with Crippen molar-refractivity contribution < 1.29 is 9.59 Å². The van der Waals surface area contributed by atoms with Crippen LogP contribution in [0.4, 0.5) is 0 Å². The maximum atomic E-state index is 13.1. The largest absolute Gasteiger partial charge is 0.337 e. The minimum Gasteiger partial charge on any atom is -0.337 e. The van der Waals surface area contributed by atoms with Crippen molar-refractivity contribution in [1.82, 2.24) is 19.2 Å². The molecule has 2 aliphatic heterocycles.